The molecule has 17 heteroatoms. The Morgan fingerprint density at radius 2 is 1.59 bits per heavy atom. The standard InChI is InChI=1S/C30H43FN4O4.C4F6O2/c1-4-5-6-22(3)35(28(38)13-16-32-14-11-23-7-9-25(31)21(2)19-23)18-17-33-15-12-24-8-10-26(36)29-30(24)39-20-27(37)34-29;5-3(6,7)1(11)2(12)4(8,9)10/h7-10,19,22,32-33,36H,4-6,11-18,20H2,1-3H3,(H,34,37);/t22-;/m1./s1. The number of aryl methyl sites for hydroxylation is 1. The van der Waals surface area contributed by atoms with Crippen molar-refractivity contribution in [2.45, 2.75) is 77.7 Å². The number of ketones is 2. The maximum Gasteiger partial charge on any atom is 0.458 e. The first-order chi connectivity index (χ1) is 23.9. The van der Waals surface area contributed by atoms with Crippen molar-refractivity contribution in [3.05, 3.63) is 52.8 Å². The maximum atomic E-state index is 13.5. The Labute approximate surface area is 291 Å². The van der Waals surface area contributed by atoms with Crippen molar-refractivity contribution in [2.24, 2.45) is 0 Å². The number of carbonyl (C=O) groups is 4. The average molecular weight is 737 g/mol. The molecule has 2 amide bonds. The lowest BCUT2D eigenvalue weighted by Crippen LogP contribution is -2.43. The molecule has 4 N–H and O–H groups in total. The second-order valence-electron chi connectivity index (χ2n) is 11.9. The number of phenols is 1. The van der Waals surface area contributed by atoms with Crippen LogP contribution in [0.25, 0.3) is 0 Å². The van der Waals surface area contributed by atoms with Gasteiger partial charge in [-0.25, -0.2) is 4.39 Å². The van der Waals surface area contributed by atoms with Crippen molar-refractivity contribution in [2.75, 3.05) is 44.6 Å². The highest BCUT2D eigenvalue weighted by Gasteiger charge is 2.54. The molecule has 0 bridgehead atoms. The molecule has 0 unspecified atom stereocenters. The fraction of sp³-hybridized carbons (Fsp3) is 0.529. The van der Waals surface area contributed by atoms with Crippen LogP contribution < -0.4 is 20.7 Å². The molecular formula is C34H43F7N4O6. The number of amides is 2. The van der Waals surface area contributed by atoms with Crippen LogP contribution in [0.5, 0.6) is 11.5 Å². The van der Waals surface area contributed by atoms with Gasteiger partial charge in [-0.3, -0.25) is 19.2 Å². The largest absolute Gasteiger partial charge is 0.506 e. The second kappa shape index (κ2) is 20.0. The van der Waals surface area contributed by atoms with Gasteiger partial charge in [0.25, 0.3) is 5.91 Å². The van der Waals surface area contributed by atoms with Crippen molar-refractivity contribution < 1.29 is 59.8 Å². The molecule has 0 saturated heterocycles. The third-order valence-corrected chi connectivity index (χ3v) is 7.81. The number of benzene rings is 2. The van der Waals surface area contributed by atoms with Gasteiger partial charge in [0.2, 0.25) is 5.91 Å². The van der Waals surface area contributed by atoms with E-state index in [1.165, 1.54) is 6.07 Å². The normalized spacial score (nSPS) is 13.3. The predicted molar refractivity (Wildman–Crippen MR) is 174 cm³/mol. The third kappa shape index (κ3) is 14.1. The number of alkyl halides is 6. The average Bonchev–Trinajstić information content (AvgIpc) is 3.06. The number of carbonyl (C=O) groups excluding carboxylic acids is 4. The minimum atomic E-state index is -5.77. The summed E-state index contributed by atoms with van der Waals surface area (Å²) in [5.41, 5.74) is 2.96. The Balaban J connectivity index is 0.000000641. The third-order valence-electron chi connectivity index (χ3n) is 7.81. The molecule has 1 heterocycles. The maximum absolute atomic E-state index is 13.5. The van der Waals surface area contributed by atoms with E-state index >= 15 is 0 Å². The predicted octanol–water partition coefficient (Wildman–Crippen LogP) is 5.18. The Kier molecular flexibility index (Phi) is 16.8. The van der Waals surface area contributed by atoms with Gasteiger partial charge in [0.15, 0.2) is 12.4 Å². The Morgan fingerprint density at radius 1 is 0.961 bits per heavy atom. The van der Waals surface area contributed by atoms with Crippen molar-refractivity contribution in [1.82, 2.24) is 15.5 Å². The molecule has 1 atom stereocenters. The van der Waals surface area contributed by atoms with E-state index in [0.29, 0.717) is 56.0 Å². The molecule has 0 aromatic heterocycles. The minimum Gasteiger partial charge on any atom is -0.506 e. The zero-order valence-corrected chi connectivity index (χ0v) is 28.5. The number of halogens is 7. The minimum absolute atomic E-state index is 0.00924. The van der Waals surface area contributed by atoms with E-state index in [1.807, 2.05) is 11.0 Å². The number of nitrogens with one attached hydrogen (secondary N) is 3. The smallest absolute Gasteiger partial charge is 0.458 e. The van der Waals surface area contributed by atoms with E-state index in [2.05, 4.69) is 29.8 Å². The number of fused-ring (bicyclic) bond motifs is 1. The summed E-state index contributed by atoms with van der Waals surface area (Å²) >= 11 is 0. The van der Waals surface area contributed by atoms with Gasteiger partial charge in [0.1, 0.15) is 17.3 Å². The molecule has 1 aliphatic rings. The first-order valence-corrected chi connectivity index (χ1v) is 16.3. The van der Waals surface area contributed by atoms with Gasteiger partial charge in [-0.2, -0.15) is 26.3 Å². The Bertz CT molecular complexity index is 1480. The van der Waals surface area contributed by atoms with E-state index in [-0.39, 0.29) is 36.0 Å². The van der Waals surface area contributed by atoms with Crippen LogP contribution in [0.3, 0.4) is 0 Å². The van der Waals surface area contributed by atoms with Crippen LogP contribution in [0.4, 0.5) is 36.4 Å². The van der Waals surface area contributed by atoms with Crippen molar-refractivity contribution in [3.63, 3.8) is 0 Å². The molecule has 2 aromatic carbocycles. The summed E-state index contributed by atoms with van der Waals surface area (Å²) in [5.74, 6) is -6.64. The molecule has 0 aliphatic carbocycles. The summed E-state index contributed by atoms with van der Waals surface area (Å²) < 4.78 is 86.0. The Hall–Kier alpha value is -4.25. The number of Topliss-reactive ketones (excluding diaryl/α,β-unsaturated/α-hetero) is 2. The lowest BCUT2D eigenvalue weighted by Gasteiger charge is -2.30. The molecular weight excluding hydrogens is 693 g/mol. The molecule has 2 aromatic rings. The highest BCUT2D eigenvalue weighted by atomic mass is 19.4. The SMILES string of the molecule is CCCC[C@@H](C)N(CCNCCc1ccc(O)c2c1OCC(=O)N2)C(=O)CCNCCc1ccc(F)c(C)c1.O=C(C(=O)C(F)(F)F)C(F)(F)F. The van der Waals surface area contributed by atoms with Crippen molar-refractivity contribution >= 4 is 29.1 Å². The van der Waals surface area contributed by atoms with Crippen LogP contribution in [0.1, 0.15) is 56.2 Å². The molecule has 0 fully saturated rings. The highest BCUT2D eigenvalue weighted by Crippen LogP contribution is 2.39. The van der Waals surface area contributed by atoms with Gasteiger partial charge in [0, 0.05) is 32.1 Å². The van der Waals surface area contributed by atoms with Crippen molar-refractivity contribution in [3.8, 4) is 11.5 Å². The number of hydrogen-bond donors (Lipinski definition) is 4. The molecule has 0 saturated carbocycles. The molecule has 3 rings (SSSR count). The number of aromatic hydroxyl groups is 1. The molecule has 51 heavy (non-hydrogen) atoms. The summed E-state index contributed by atoms with van der Waals surface area (Å²) in [5, 5.41) is 19.5. The Morgan fingerprint density at radius 3 is 2.20 bits per heavy atom. The van der Waals surface area contributed by atoms with Gasteiger partial charge >= 0.3 is 23.9 Å². The molecule has 284 valence electrons. The highest BCUT2D eigenvalue weighted by molar-refractivity contribution is 6.41. The molecule has 0 radical (unpaired) electrons. The number of anilines is 1. The van der Waals surface area contributed by atoms with Crippen LogP contribution in [0, 0.1) is 12.7 Å². The van der Waals surface area contributed by atoms with E-state index in [4.69, 9.17) is 4.74 Å². The first kappa shape index (κ1) is 42.9. The summed E-state index contributed by atoms with van der Waals surface area (Å²) in [7, 11) is 0. The van der Waals surface area contributed by atoms with E-state index in [0.717, 1.165) is 43.4 Å². The first-order valence-electron chi connectivity index (χ1n) is 16.3. The van der Waals surface area contributed by atoms with Gasteiger partial charge in [0.05, 0.1) is 0 Å². The molecule has 10 nitrogen and oxygen atoms in total. The summed E-state index contributed by atoms with van der Waals surface area (Å²) in [6.45, 7) is 9.27. The fourth-order valence-electron chi connectivity index (χ4n) is 5.02. The number of rotatable bonds is 17. The summed E-state index contributed by atoms with van der Waals surface area (Å²) in [6.07, 6.45) is -6.51. The van der Waals surface area contributed by atoms with Gasteiger partial charge < -0.3 is 30.7 Å². The van der Waals surface area contributed by atoms with Crippen LogP contribution in [0.15, 0.2) is 30.3 Å². The lowest BCUT2D eigenvalue weighted by molar-refractivity contribution is -0.193. The summed E-state index contributed by atoms with van der Waals surface area (Å²) in [4.78, 5) is 45.9. The van der Waals surface area contributed by atoms with Crippen LogP contribution in [0.2, 0.25) is 0 Å². The molecule has 0 spiro atoms. The van der Waals surface area contributed by atoms with E-state index < -0.39 is 23.9 Å². The monoisotopic (exact) mass is 736 g/mol. The fourth-order valence-corrected chi connectivity index (χ4v) is 5.02. The lowest BCUT2D eigenvalue weighted by atomic mass is 10.1. The van der Waals surface area contributed by atoms with Gasteiger partial charge in [-0.15, -0.1) is 0 Å². The van der Waals surface area contributed by atoms with Gasteiger partial charge in [-0.05, 0) is 75.0 Å². The number of nitrogens with zero attached hydrogens (tertiary/aromatic N) is 1. The van der Waals surface area contributed by atoms with Gasteiger partial charge in [-0.1, -0.05) is 38.0 Å². The zero-order chi connectivity index (χ0) is 38.4. The molecule has 1 aliphatic heterocycles. The van der Waals surface area contributed by atoms with Crippen LogP contribution in [-0.2, 0) is 32.0 Å². The summed E-state index contributed by atoms with van der Waals surface area (Å²) in [6, 6.07) is 8.72. The number of ether oxygens (including phenoxy) is 1. The van der Waals surface area contributed by atoms with Crippen LogP contribution in [-0.4, -0.2) is 91.1 Å². The second-order valence-corrected chi connectivity index (χ2v) is 11.9. The zero-order valence-electron chi connectivity index (χ0n) is 28.5. The topological polar surface area (TPSA) is 137 Å². The number of hydrogen-bond acceptors (Lipinski definition) is 8. The quantitative estimate of drug-likeness (QED) is 0.0756. The van der Waals surface area contributed by atoms with E-state index in [9.17, 15) is 55.0 Å². The number of unbranched alkanes of at least 4 members (excludes halogenated alkanes) is 1. The number of phenolic OH excluding ortho intramolecular Hbond substituents is 1. The van der Waals surface area contributed by atoms with Crippen molar-refractivity contribution in [1.29, 1.82) is 0 Å². The van der Waals surface area contributed by atoms with Crippen LogP contribution >= 0.6 is 0 Å². The van der Waals surface area contributed by atoms with E-state index in [1.54, 1.807) is 25.1 Å².